The number of hydrogen-bond acceptors (Lipinski definition) is 5. The van der Waals surface area contributed by atoms with Crippen molar-refractivity contribution in [1.29, 1.82) is 0 Å². The van der Waals surface area contributed by atoms with Crippen molar-refractivity contribution in [2.24, 2.45) is 0 Å². The smallest absolute Gasteiger partial charge is 0.254 e. The van der Waals surface area contributed by atoms with Crippen molar-refractivity contribution in [2.45, 2.75) is 10.9 Å². The van der Waals surface area contributed by atoms with Crippen LogP contribution in [0.25, 0.3) is 11.0 Å². The molecule has 1 aromatic heterocycles. The van der Waals surface area contributed by atoms with Gasteiger partial charge in [-0.05, 0) is 48.0 Å². The van der Waals surface area contributed by atoms with Crippen molar-refractivity contribution in [1.82, 2.24) is 14.9 Å². The summed E-state index contributed by atoms with van der Waals surface area (Å²) < 4.78 is 5.24. The number of nitrogens with one attached hydrogen (secondary N) is 2. The molecular weight excluding hydrogens is 472 g/mol. The molecule has 0 unspecified atom stereocenters. The Morgan fingerprint density at radius 2 is 1.88 bits per heavy atom. The lowest BCUT2D eigenvalue weighted by atomic mass is 10.1. The summed E-state index contributed by atoms with van der Waals surface area (Å²) in [6.45, 7) is -0.113. The Hall–Kier alpha value is -3.49. The number of anilines is 1. The second-order valence-corrected chi connectivity index (χ2v) is 9.00. The first-order valence-electron chi connectivity index (χ1n) is 10.5. The van der Waals surface area contributed by atoms with Crippen LogP contribution >= 0.6 is 23.4 Å². The van der Waals surface area contributed by atoms with Gasteiger partial charge >= 0.3 is 0 Å². The molecule has 174 valence electrons. The summed E-state index contributed by atoms with van der Waals surface area (Å²) >= 11 is 7.60. The number of methoxy groups -OCH3 is 1. The molecule has 0 saturated heterocycles. The number of imidazole rings is 1. The lowest BCUT2D eigenvalue weighted by molar-refractivity contribution is -0.116. The van der Waals surface area contributed by atoms with Gasteiger partial charge in [-0.3, -0.25) is 9.59 Å². The molecule has 7 nitrogen and oxygen atoms in total. The molecule has 4 rings (SSSR count). The Balaban J connectivity index is 1.32. The zero-order valence-corrected chi connectivity index (χ0v) is 20.2. The number of fused-ring (bicyclic) bond motifs is 1. The fourth-order valence-electron chi connectivity index (χ4n) is 3.37. The normalized spacial score (nSPS) is 10.8. The van der Waals surface area contributed by atoms with Crippen LogP contribution in [0.15, 0.2) is 71.9 Å². The fraction of sp³-hybridized carbons (Fsp3) is 0.160. The van der Waals surface area contributed by atoms with E-state index in [0.29, 0.717) is 27.8 Å². The van der Waals surface area contributed by atoms with Gasteiger partial charge in [-0.25, -0.2) is 4.98 Å². The van der Waals surface area contributed by atoms with Crippen LogP contribution in [0.5, 0.6) is 5.75 Å². The van der Waals surface area contributed by atoms with Crippen LogP contribution in [0, 0.1) is 0 Å². The highest BCUT2D eigenvalue weighted by atomic mass is 35.5. The Morgan fingerprint density at radius 3 is 2.62 bits per heavy atom. The van der Waals surface area contributed by atoms with Crippen LogP contribution in [-0.2, 0) is 10.5 Å². The van der Waals surface area contributed by atoms with Gasteiger partial charge in [-0.1, -0.05) is 47.6 Å². The summed E-state index contributed by atoms with van der Waals surface area (Å²) in [6, 6.07) is 20.2. The summed E-state index contributed by atoms with van der Waals surface area (Å²) in [4.78, 5) is 34.5. The largest absolute Gasteiger partial charge is 0.495 e. The number of thioether (sulfide) groups is 1. The number of amides is 2. The molecule has 3 aromatic carbocycles. The predicted octanol–water partition coefficient (Wildman–Crippen LogP) is 5.23. The molecule has 0 bridgehead atoms. The first-order chi connectivity index (χ1) is 16.4. The standard InChI is InChI=1S/C25H23ClN4O3S/c1-30(14-23(31)27-21-13-18(26)11-12-22(21)33-2)24(32)17-9-7-16(8-10-17)15-34-25-28-19-5-3-4-6-20(19)29-25/h3-13H,14-15H2,1-2H3,(H,27,31)(H,28,29). The molecule has 0 aliphatic carbocycles. The highest BCUT2D eigenvalue weighted by Crippen LogP contribution is 2.27. The van der Waals surface area contributed by atoms with Gasteiger partial charge < -0.3 is 19.9 Å². The third-order valence-corrected chi connectivity index (χ3v) is 6.29. The third-order valence-electron chi connectivity index (χ3n) is 5.11. The van der Waals surface area contributed by atoms with Gasteiger partial charge in [0.1, 0.15) is 5.75 Å². The number of hydrogen-bond donors (Lipinski definition) is 2. The number of carbonyl (C=O) groups is 2. The molecule has 1 heterocycles. The second kappa shape index (κ2) is 10.6. The highest BCUT2D eigenvalue weighted by molar-refractivity contribution is 7.98. The Morgan fingerprint density at radius 1 is 1.12 bits per heavy atom. The van der Waals surface area contributed by atoms with Gasteiger partial charge in [0.2, 0.25) is 5.91 Å². The summed E-state index contributed by atoms with van der Waals surface area (Å²) in [5.41, 5.74) is 3.97. The summed E-state index contributed by atoms with van der Waals surface area (Å²) in [5.74, 6) is 0.608. The maximum absolute atomic E-state index is 12.8. The van der Waals surface area contributed by atoms with Crippen LogP contribution in [0.4, 0.5) is 5.69 Å². The Bertz CT molecular complexity index is 1290. The van der Waals surface area contributed by atoms with E-state index in [9.17, 15) is 9.59 Å². The number of halogens is 1. The van der Waals surface area contributed by atoms with Gasteiger partial charge in [0.05, 0.1) is 30.4 Å². The molecule has 2 N–H and O–H groups in total. The molecule has 9 heteroatoms. The zero-order valence-electron chi connectivity index (χ0n) is 18.7. The van der Waals surface area contributed by atoms with Gasteiger partial charge in [0.15, 0.2) is 5.16 Å². The highest BCUT2D eigenvalue weighted by Gasteiger charge is 2.16. The number of H-pyrrole nitrogens is 1. The SMILES string of the molecule is COc1ccc(Cl)cc1NC(=O)CN(C)C(=O)c1ccc(CSc2nc3ccccc3[nH]2)cc1. The number of aromatic amines is 1. The van der Waals surface area contributed by atoms with Crippen LogP contribution < -0.4 is 10.1 Å². The molecule has 0 radical (unpaired) electrons. The number of rotatable bonds is 8. The number of benzene rings is 3. The summed E-state index contributed by atoms with van der Waals surface area (Å²) in [6.07, 6.45) is 0. The first kappa shape index (κ1) is 23.7. The van der Waals surface area contributed by atoms with Gasteiger partial charge in [-0.15, -0.1) is 0 Å². The number of ether oxygens (including phenoxy) is 1. The molecule has 2 amide bonds. The molecule has 0 saturated carbocycles. The van der Waals surface area contributed by atoms with Gasteiger partial charge in [0, 0.05) is 23.4 Å². The number of aromatic nitrogens is 2. The summed E-state index contributed by atoms with van der Waals surface area (Å²) in [7, 11) is 3.09. The van der Waals surface area contributed by atoms with Crippen molar-refractivity contribution in [3.8, 4) is 5.75 Å². The minimum Gasteiger partial charge on any atom is -0.495 e. The molecule has 34 heavy (non-hydrogen) atoms. The lowest BCUT2D eigenvalue weighted by Crippen LogP contribution is -2.35. The Kier molecular flexibility index (Phi) is 7.40. The molecule has 0 fully saturated rings. The first-order valence-corrected chi connectivity index (χ1v) is 11.8. The maximum atomic E-state index is 12.8. The van der Waals surface area contributed by atoms with Crippen LogP contribution in [-0.4, -0.2) is 47.4 Å². The third kappa shape index (κ3) is 5.70. The topological polar surface area (TPSA) is 87.3 Å². The average Bonchev–Trinajstić information content (AvgIpc) is 3.26. The minimum absolute atomic E-state index is 0.113. The van der Waals surface area contributed by atoms with Crippen LogP contribution in [0.3, 0.4) is 0 Å². The van der Waals surface area contributed by atoms with Crippen molar-refractivity contribution in [3.63, 3.8) is 0 Å². The van der Waals surface area contributed by atoms with E-state index in [-0.39, 0.29) is 18.4 Å². The number of para-hydroxylation sites is 2. The monoisotopic (exact) mass is 494 g/mol. The molecule has 4 aromatic rings. The van der Waals surface area contributed by atoms with Crippen LogP contribution in [0.2, 0.25) is 5.02 Å². The number of carbonyl (C=O) groups excluding carboxylic acids is 2. The fourth-order valence-corrected chi connectivity index (χ4v) is 4.38. The number of likely N-dealkylation sites (N-methyl/N-ethyl adjacent to an activating group) is 1. The molecule has 0 aliphatic rings. The van der Waals surface area contributed by atoms with Crippen LogP contribution in [0.1, 0.15) is 15.9 Å². The molecular formula is C25H23ClN4O3S. The van der Waals surface area contributed by atoms with Crippen molar-refractivity contribution in [2.75, 3.05) is 26.0 Å². The van der Waals surface area contributed by atoms with E-state index in [4.69, 9.17) is 16.3 Å². The van der Waals surface area contributed by atoms with E-state index in [1.165, 1.54) is 12.0 Å². The van der Waals surface area contributed by atoms with Crippen molar-refractivity contribution < 1.29 is 14.3 Å². The van der Waals surface area contributed by atoms with Gasteiger partial charge in [-0.2, -0.15) is 0 Å². The van der Waals surface area contributed by atoms with E-state index in [0.717, 1.165) is 21.8 Å². The van der Waals surface area contributed by atoms with Crippen molar-refractivity contribution >= 4 is 51.9 Å². The Labute approximate surface area is 206 Å². The predicted molar refractivity (Wildman–Crippen MR) is 136 cm³/mol. The van der Waals surface area contributed by atoms with E-state index in [1.807, 2.05) is 36.4 Å². The molecule has 0 spiro atoms. The number of nitrogens with zero attached hydrogens (tertiary/aromatic N) is 2. The molecule has 0 aliphatic heterocycles. The zero-order chi connectivity index (χ0) is 24.1. The van der Waals surface area contributed by atoms with Crippen molar-refractivity contribution in [3.05, 3.63) is 82.9 Å². The van der Waals surface area contributed by atoms with E-state index < -0.39 is 0 Å². The molecule has 0 atom stereocenters. The maximum Gasteiger partial charge on any atom is 0.254 e. The second-order valence-electron chi connectivity index (χ2n) is 7.60. The van der Waals surface area contributed by atoms with E-state index >= 15 is 0 Å². The summed E-state index contributed by atoms with van der Waals surface area (Å²) in [5, 5.41) is 4.06. The quantitative estimate of drug-likeness (QED) is 0.327. The average molecular weight is 495 g/mol. The lowest BCUT2D eigenvalue weighted by Gasteiger charge is -2.18. The van der Waals surface area contributed by atoms with E-state index in [1.54, 1.807) is 49.1 Å². The van der Waals surface area contributed by atoms with Gasteiger partial charge in [0.25, 0.3) is 5.91 Å². The van der Waals surface area contributed by atoms with E-state index in [2.05, 4.69) is 15.3 Å². The minimum atomic E-state index is -0.352.